The molecule has 0 bridgehead atoms. The highest BCUT2D eigenvalue weighted by Crippen LogP contribution is 2.21. The Morgan fingerprint density at radius 1 is 0.935 bits per heavy atom. The first-order valence-corrected chi connectivity index (χ1v) is 11.2. The largest absolute Gasteiger partial charge is 0.492 e. The Labute approximate surface area is 187 Å². The fourth-order valence-corrected chi connectivity index (χ4v) is 2.92. The van der Waals surface area contributed by atoms with Crippen molar-refractivity contribution in [2.45, 2.75) is 65.1 Å². The van der Waals surface area contributed by atoms with E-state index < -0.39 is 11.6 Å². The molecule has 0 aliphatic heterocycles. The number of aromatic hydroxyl groups is 2. The Balaban J connectivity index is 2.20. The lowest BCUT2D eigenvalue weighted by atomic mass is 10.0. The van der Waals surface area contributed by atoms with Gasteiger partial charge in [-0.25, -0.2) is 4.79 Å². The molecule has 0 aliphatic carbocycles. The molecule has 0 amide bonds. The highest BCUT2D eigenvalue weighted by Gasteiger charge is 2.23. The predicted octanol–water partition coefficient (Wildman–Crippen LogP) is 2.91. The van der Waals surface area contributed by atoms with Crippen LogP contribution in [0.15, 0.2) is 12.1 Å². The molecule has 2 N–H and O–H groups in total. The Kier molecular flexibility index (Phi) is 11.4. The maximum absolute atomic E-state index is 11.8. The van der Waals surface area contributed by atoms with Gasteiger partial charge in [-0.15, -0.1) is 4.73 Å². The first-order valence-electron chi connectivity index (χ1n) is 10.2. The molecular formula is C21H35NO8S. The van der Waals surface area contributed by atoms with Gasteiger partial charge in [0.25, 0.3) is 0 Å². The van der Waals surface area contributed by atoms with E-state index in [9.17, 15) is 19.8 Å². The van der Waals surface area contributed by atoms with Crippen molar-refractivity contribution in [3.05, 3.63) is 12.1 Å². The van der Waals surface area contributed by atoms with Crippen molar-refractivity contribution in [1.29, 1.82) is 0 Å². The zero-order chi connectivity index (χ0) is 23.5. The fourth-order valence-electron chi connectivity index (χ4n) is 2.44. The molecule has 0 radical (unpaired) electrons. The summed E-state index contributed by atoms with van der Waals surface area (Å²) in [5, 5.41) is 19.0. The van der Waals surface area contributed by atoms with E-state index in [0.29, 0.717) is 36.7 Å². The van der Waals surface area contributed by atoms with Crippen LogP contribution < -0.4 is 4.84 Å². The van der Waals surface area contributed by atoms with Crippen molar-refractivity contribution in [2.75, 3.05) is 32.2 Å². The first-order chi connectivity index (χ1) is 14.4. The van der Waals surface area contributed by atoms with Gasteiger partial charge in [0.2, 0.25) is 11.8 Å². The minimum absolute atomic E-state index is 0.0356. The minimum atomic E-state index is -0.642. The lowest BCUT2D eigenvalue weighted by Gasteiger charge is -2.29. The molecular weight excluding hydrogens is 426 g/mol. The van der Waals surface area contributed by atoms with Crippen molar-refractivity contribution in [2.24, 2.45) is 0 Å². The third kappa shape index (κ3) is 12.0. The van der Waals surface area contributed by atoms with Crippen molar-refractivity contribution >= 4 is 22.8 Å². The molecule has 0 aromatic carbocycles. The van der Waals surface area contributed by atoms with Crippen LogP contribution in [0.3, 0.4) is 0 Å². The van der Waals surface area contributed by atoms with E-state index >= 15 is 0 Å². The molecule has 0 spiro atoms. The third-order valence-electron chi connectivity index (χ3n) is 4.37. The molecule has 0 saturated carbocycles. The van der Waals surface area contributed by atoms with Crippen LogP contribution >= 0.6 is 11.8 Å². The summed E-state index contributed by atoms with van der Waals surface area (Å²) in [5.41, 5.74) is -0.858. The predicted molar refractivity (Wildman–Crippen MR) is 117 cm³/mol. The molecule has 1 rings (SSSR count). The summed E-state index contributed by atoms with van der Waals surface area (Å²) in [6.07, 6.45) is 1.32. The quantitative estimate of drug-likeness (QED) is 0.380. The van der Waals surface area contributed by atoms with Gasteiger partial charge in [0, 0.05) is 31.4 Å². The normalized spacial score (nSPS) is 12.2. The molecule has 1 heterocycles. The van der Waals surface area contributed by atoms with Crippen LogP contribution in [0.25, 0.3) is 0 Å². The van der Waals surface area contributed by atoms with Gasteiger partial charge in [-0.05, 0) is 40.5 Å². The lowest BCUT2D eigenvalue weighted by molar-refractivity contribution is -0.148. The molecule has 9 nitrogen and oxygen atoms in total. The van der Waals surface area contributed by atoms with E-state index in [-0.39, 0.29) is 35.5 Å². The van der Waals surface area contributed by atoms with Crippen molar-refractivity contribution in [3.8, 4) is 11.8 Å². The third-order valence-corrected chi connectivity index (χ3v) is 5.15. The Bertz CT molecular complexity index is 682. The summed E-state index contributed by atoms with van der Waals surface area (Å²) in [5.74, 6) is -0.722. The number of nitrogens with zero attached hydrogens (tertiary/aromatic N) is 1. The van der Waals surface area contributed by atoms with Gasteiger partial charge < -0.3 is 29.3 Å². The Morgan fingerprint density at radius 2 is 1.48 bits per heavy atom. The molecule has 0 aliphatic rings. The number of thioether (sulfide) groups is 1. The topological polar surface area (TPSA) is 116 Å². The average molecular weight is 462 g/mol. The SMILES string of the molecule is CC(=O)SCCOCCC(C)(C)OCCC(C)(C)OCCC(=O)On1c(O)ccc1O. The van der Waals surface area contributed by atoms with Crippen LogP contribution in [-0.2, 0) is 23.8 Å². The van der Waals surface area contributed by atoms with Crippen molar-refractivity contribution < 1.29 is 38.9 Å². The summed E-state index contributed by atoms with van der Waals surface area (Å²) >= 11 is 1.25. The van der Waals surface area contributed by atoms with E-state index in [0.717, 1.165) is 6.42 Å². The van der Waals surface area contributed by atoms with Crippen LogP contribution in [0.4, 0.5) is 0 Å². The second kappa shape index (κ2) is 12.9. The number of ether oxygens (including phenoxy) is 3. The van der Waals surface area contributed by atoms with Crippen LogP contribution in [-0.4, -0.2) is 69.4 Å². The molecule has 0 atom stereocenters. The van der Waals surface area contributed by atoms with Crippen molar-refractivity contribution in [3.63, 3.8) is 0 Å². The number of carbonyl (C=O) groups is 2. The van der Waals surface area contributed by atoms with E-state index in [4.69, 9.17) is 19.0 Å². The summed E-state index contributed by atoms with van der Waals surface area (Å²) < 4.78 is 17.9. The summed E-state index contributed by atoms with van der Waals surface area (Å²) in [6.45, 7) is 11.1. The molecule has 0 fully saturated rings. The van der Waals surface area contributed by atoms with Crippen LogP contribution in [0.2, 0.25) is 0 Å². The van der Waals surface area contributed by atoms with Crippen LogP contribution in [0, 0.1) is 0 Å². The van der Waals surface area contributed by atoms with Gasteiger partial charge in [0.1, 0.15) is 0 Å². The zero-order valence-electron chi connectivity index (χ0n) is 19.0. The second-order valence-corrected chi connectivity index (χ2v) is 9.50. The monoisotopic (exact) mass is 461 g/mol. The molecule has 0 unspecified atom stereocenters. The molecule has 31 heavy (non-hydrogen) atoms. The van der Waals surface area contributed by atoms with Crippen LogP contribution in [0.1, 0.15) is 53.9 Å². The standard InChI is InChI=1S/C21H35NO8S/c1-16(23)31-15-14-27-12-9-20(2,3)29-13-10-21(4,5)28-11-8-19(26)30-22-17(24)6-7-18(22)25/h6-7,24-25H,8-15H2,1-5H3. The Morgan fingerprint density at radius 3 is 2.06 bits per heavy atom. The van der Waals surface area contributed by atoms with Gasteiger partial charge in [-0.3, -0.25) is 4.79 Å². The Hall–Kier alpha value is -1.75. The fraction of sp³-hybridized carbons (Fsp3) is 0.714. The molecule has 10 heteroatoms. The van der Waals surface area contributed by atoms with Gasteiger partial charge in [-0.2, -0.15) is 0 Å². The summed E-state index contributed by atoms with van der Waals surface area (Å²) in [7, 11) is 0. The van der Waals surface area contributed by atoms with E-state index in [1.165, 1.54) is 23.9 Å². The van der Waals surface area contributed by atoms with E-state index in [2.05, 4.69) is 0 Å². The highest BCUT2D eigenvalue weighted by molar-refractivity contribution is 8.13. The van der Waals surface area contributed by atoms with E-state index in [1.54, 1.807) is 6.92 Å². The maximum atomic E-state index is 11.8. The molecule has 0 saturated heterocycles. The minimum Gasteiger partial charge on any atom is -0.492 e. The summed E-state index contributed by atoms with van der Waals surface area (Å²) in [4.78, 5) is 27.6. The number of carbonyl (C=O) groups excluding carboxylic acids is 2. The summed E-state index contributed by atoms with van der Waals surface area (Å²) in [6, 6.07) is 2.42. The van der Waals surface area contributed by atoms with Gasteiger partial charge in [0.15, 0.2) is 5.12 Å². The first kappa shape index (κ1) is 27.3. The second-order valence-electron chi connectivity index (χ2n) is 8.23. The number of rotatable bonds is 15. The highest BCUT2D eigenvalue weighted by atomic mass is 32.2. The molecule has 1 aromatic heterocycles. The van der Waals surface area contributed by atoms with E-state index in [1.807, 2.05) is 27.7 Å². The lowest BCUT2D eigenvalue weighted by Crippen LogP contribution is -2.32. The number of aromatic nitrogens is 1. The van der Waals surface area contributed by atoms with Crippen molar-refractivity contribution in [1.82, 2.24) is 4.73 Å². The zero-order valence-corrected chi connectivity index (χ0v) is 19.8. The van der Waals surface area contributed by atoms with Gasteiger partial charge in [0.05, 0.1) is 37.4 Å². The average Bonchev–Trinajstić information content (AvgIpc) is 2.95. The van der Waals surface area contributed by atoms with Gasteiger partial charge in [-0.1, -0.05) is 11.8 Å². The smallest absolute Gasteiger partial charge is 0.335 e. The van der Waals surface area contributed by atoms with Crippen LogP contribution in [0.5, 0.6) is 11.8 Å². The number of hydrogen-bond donors (Lipinski definition) is 2. The van der Waals surface area contributed by atoms with Gasteiger partial charge >= 0.3 is 5.97 Å². The number of hydrogen-bond acceptors (Lipinski definition) is 9. The molecule has 178 valence electrons. The molecule has 1 aromatic rings. The maximum Gasteiger partial charge on any atom is 0.335 e.